The zero-order valence-electron chi connectivity index (χ0n) is 12.5. The Morgan fingerprint density at radius 1 is 1.43 bits per heavy atom. The highest BCUT2D eigenvalue weighted by Gasteiger charge is 2.20. The first-order valence-electron chi connectivity index (χ1n) is 7.05. The average molecular weight is 288 g/mol. The summed E-state index contributed by atoms with van der Waals surface area (Å²) in [5.74, 6) is 0.388. The third kappa shape index (κ3) is 3.21. The lowest BCUT2D eigenvalue weighted by molar-refractivity contribution is 0.0930. The Morgan fingerprint density at radius 2 is 2.19 bits per heavy atom. The molecule has 2 aromatic rings. The number of aromatic hydroxyl groups is 1. The lowest BCUT2D eigenvalue weighted by Gasteiger charge is -2.17. The normalized spacial score (nSPS) is 12.1. The van der Waals surface area contributed by atoms with E-state index in [9.17, 15) is 9.90 Å². The summed E-state index contributed by atoms with van der Waals surface area (Å²) in [6.45, 7) is 6.51. The molecule has 0 aliphatic rings. The number of carbonyl (C=O) groups is 1. The van der Waals surface area contributed by atoms with Crippen molar-refractivity contribution in [2.45, 2.75) is 39.8 Å². The van der Waals surface area contributed by atoms with Crippen LogP contribution in [-0.2, 0) is 6.54 Å². The fraction of sp³-hybridized carbons (Fsp3) is 0.400. The van der Waals surface area contributed by atoms with Gasteiger partial charge in [-0.2, -0.15) is 5.10 Å². The quantitative estimate of drug-likeness (QED) is 0.884. The molecule has 2 N–H and O–H groups in total. The summed E-state index contributed by atoms with van der Waals surface area (Å²) in [6, 6.07) is 4.72. The predicted octanol–water partition coefficient (Wildman–Crippen LogP) is 2.19. The van der Waals surface area contributed by atoms with Gasteiger partial charge in [0.25, 0.3) is 5.91 Å². The maximum absolute atomic E-state index is 12.4. The zero-order chi connectivity index (χ0) is 15.4. The molecule has 1 amide bonds. The van der Waals surface area contributed by atoms with Crippen LogP contribution in [0.5, 0.6) is 5.75 Å². The molecule has 6 heteroatoms. The van der Waals surface area contributed by atoms with Gasteiger partial charge in [-0.25, -0.2) is 9.67 Å². The van der Waals surface area contributed by atoms with E-state index in [-0.39, 0.29) is 23.3 Å². The van der Waals surface area contributed by atoms with Gasteiger partial charge in [-0.05, 0) is 32.4 Å². The first-order valence-corrected chi connectivity index (χ1v) is 7.05. The summed E-state index contributed by atoms with van der Waals surface area (Å²) in [6.07, 6.45) is 2.18. The number of aromatic nitrogens is 3. The molecule has 1 atom stereocenters. The van der Waals surface area contributed by atoms with Gasteiger partial charge in [-0.3, -0.25) is 4.79 Å². The Kier molecular flexibility index (Phi) is 4.57. The van der Waals surface area contributed by atoms with Gasteiger partial charge >= 0.3 is 0 Å². The van der Waals surface area contributed by atoms with Gasteiger partial charge in [0, 0.05) is 6.54 Å². The van der Waals surface area contributed by atoms with Gasteiger partial charge < -0.3 is 10.4 Å². The molecule has 0 fully saturated rings. The third-order valence-corrected chi connectivity index (χ3v) is 3.37. The fourth-order valence-corrected chi connectivity index (χ4v) is 2.20. The lowest BCUT2D eigenvalue weighted by Crippen LogP contribution is -2.30. The minimum absolute atomic E-state index is 0.0232. The van der Waals surface area contributed by atoms with Crippen LogP contribution in [-0.4, -0.2) is 25.8 Å². The maximum atomic E-state index is 12.4. The standard InChI is InChI=1S/C15H20N4O2/c1-4-12(14-16-9-17-19(14)5-2)18-15(21)11-8-10(3)6-7-13(11)20/h6-9,12,20H,4-5H2,1-3H3,(H,18,21)/t12-/m0/s1. The molecule has 21 heavy (non-hydrogen) atoms. The zero-order valence-corrected chi connectivity index (χ0v) is 12.5. The van der Waals surface area contributed by atoms with Crippen LogP contribution in [0.3, 0.4) is 0 Å². The summed E-state index contributed by atoms with van der Waals surface area (Å²) in [4.78, 5) is 16.6. The number of aryl methyl sites for hydroxylation is 2. The van der Waals surface area contributed by atoms with Crippen LogP contribution in [0.15, 0.2) is 24.5 Å². The number of hydrogen-bond acceptors (Lipinski definition) is 4. The summed E-state index contributed by atoms with van der Waals surface area (Å²) >= 11 is 0. The summed E-state index contributed by atoms with van der Waals surface area (Å²) < 4.78 is 1.75. The smallest absolute Gasteiger partial charge is 0.255 e. The SMILES string of the molecule is CC[C@H](NC(=O)c1cc(C)ccc1O)c1ncnn1CC. The van der Waals surface area contributed by atoms with Crippen molar-refractivity contribution < 1.29 is 9.90 Å². The van der Waals surface area contributed by atoms with Crippen LogP contribution in [0.4, 0.5) is 0 Å². The molecule has 0 saturated heterocycles. The van der Waals surface area contributed by atoms with Gasteiger partial charge in [0.1, 0.15) is 17.9 Å². The molecule has 0 saturated carbocycles. The molecule has 2 rings (SSSR count). The van der Waals surface area contributed by atoms with E-state index in [1.807, 2.05) is 20.8 Å². The Hall–Kier alpha value is -2.37. The fourth-order valence-electron chi connectivity index (χ4n) is 2.20. The van der Waals surface area contributed by atoms with Crippen molar-refractivity contribution in [1.29, 1.82) is 0 Å². The van der Waals surface area contributed by atoms with E-state index in [1.165, 1.54) is 12.4 Å². The molecule has 0 unspecified atom stereocenters. The molecule has 1 heterocycles. The third-order valence-electron chi connectivity index (χ3n) is 3.37. The van der Waals surface area contributed by atoms with Crippen LogP contribution in [0.1, 0.15) is 48.1 Å². The number of benzene rings is 1. The molecule has 6 nitrogen and oxygen atoms in total. The molecular weight excluding hydrogens is 268 g/mol. The topological polar surface area (TPSA) is 80.0 Å². The first-order chi connectivity index (χ1) is 10.1. The van der Waals surface area contributed by atoms with E-state index in [0.29, 0.717) is 13.0 Å². The number of carbonyl (C=O) groups excluding carboxylic acids is 1. The Labute approximate surface area is 123 Å². The molecule has 1 aromatic carbocycles. The number of hydrogen-bond donors (Lipinski definition) is 2. The van der Waals surface area contributed by atoms with E-state index >= 15 is 0 Å². The second kappa shape index (κ2) is 6.39. The maximum Gasteiger partial charge on any atom is 0.255 e. The van der Waals surface area contributed by atoms with Crippen LogP contribution in [0.2, 0.25) is 0 Å². The number of amides is 1. The number of phenols is 1. The molecule has 112 valence electrons. The molecule has 0 aliphatic carbocycles. The van der Waals surface area contributed by atoms with Gasteiger partial charge in [0.15, 0.2) is 0 Å². The van der Waals surface area contributed by atoms with Crippen LogP contribution < -0.4 is 5.32 Å². The first kappa shape index (κ1) is 15.0. The number of rotatable bonds is 5. The van der Waals surface area contributed by atoms with Crippen LogP contribution in [0.25, 0.3) is 0 Å². The largest absolute Gasteiger partial charge is 0.507 e. The van der Waals surface area contributed by atoms with Gasteiger partial charge in [-0.1, -0.05) is 18.6 Å². The van der Waals surface area contributed by atoms with Crippen molar-refractivity contribution in [1.82, 2.24) is 20.1 Å². The molecule has 1 aromatic heterocycles. The Morgan fingerprint density at radius 3 is 2.86 bits per heavy atom. The predicted molar refractivity (Wildman–Crippen MR) is 79.0 cm³/mol. The monoisotopic (exact) mass is 288 g/mol. The molecular formula is C15H20N4O2. The minimum Gasteiger partial charge on any atom is -0.507 e. The molecule has 0 aliphatic heterocycles. The van der Waals surface area contributed by atoms with E-state index in [0.717, 1.165) is 11.4 Å². The van der Waals surface area contributed by atoms with Crippen molar-refractivity contribution in [3.63, 3.8) is 0 Å². The highest BCUT2D eigenvalue weighted by Crippen LogP contribution is 2.20. The number of nitrogens with one attached hydrogen (secondary N) is 1. The number of nitrogens with zero attached hydrogens (tertiary/aromatic N) is 3. The van der Waals surface area contributed by atoms with E-state index in [1.54, 1.807) is 16.8 Å². The van der Waals surface area contributed by atoms with Gasteiger partial charge in [0.05, 0.1) is 11.6 Å². The highest BCUT2D eigenvalue weighted by atomic mass is 16.3. The van der Waals surface area contributed by atoms with Gasteiger partial charge in [-0.15, -0.1) is 0 Å². The van der Waals surface area contributed by atoms with Crippen LogP contribution in [0, 0.1) is 6.92 Å². The summed E-state index contributed by atoms with van der Waals surface area (Å²) in [5, 5.41) is 16.9. The van der Waals surface area contributed by atoms with Crippen molar-refractivity contribution >= 4 is 5.91 Å². The average Bonchev–Trinajstić information content (AvgIpc) is 2.95. The van der Waals surface area contributed by atoms with E-state index < -0.39 is 0 Å². The van der Waals surface area contributed by atoms with Crippen molar-refractivity contribution in [3.8, 4) is 5.75 Å². The second-order valence-corrected chi connectivity index (χ2v) is 4.89. The molecule has 0 bridgehead atoms. The minimum atomic E-state index is -0.311. The van der Waals surface area contributed by atoms with Crippen LogP contribution >= 0.6 is 0 Å². The highest BCUT2D eigenvalue weighted by molar-refractivity contribution is 5.97. The Bertz CT molecular complexity index is 636. The van der Waals surface area contributed by atoms with Gasteiger partial charge in [0.2, 0.25) is 0 Å². The van der Waals surface area contributed by atoms with Crippen molar-refractivity contribution in [2.24, 2.45) is 0 Å². The van der Waals surface area contributed by atoms with E-state index in [4.69, 9.17) is 0 Å². The second-order valence-electron chi connectivity index (χ2n) is 4.89. The Balaban J connectivity index is 2.22. The summed E-state index contributed by atoms with van der Waals surface area (Å²) in [5.41, 5.74) is 1.19. The molecule has 0 spiro atoms. The summed E-state index contributed by atoms with van der Waals surface area (Å²) in [7, 11) is 0. The van der Waals surface area contributed by atoms with Crippen molar-refractivity contribution in [2.75, 3.05) is 0 Å². The number of phenolic OH excluding ortho intramolecular Hbond substituents is 1. The lowest BCUT2D eigenvalue weighted by atomic mass is 10.1. The van der Waals surface area contributed by atoms with Crippen molar-refractivity contribution in [3.05, 3.63) is 41.5 Å². The molecule has 0 radical (unpaired) electrons. The van der Waals surface area contributed by atoms with E-state index in [2.05, 4.69) is 15.4 Å².